The SMILES string of the molecule is Clc1ccc(-c2nc(CN[C@H](c3ccccc3)c3cccs3)cs2)cc1. The van der Waals surface area contributed by atoms with Crippen LogP contribution in [0.5, 0.6) is 0 Å². The zero-order valence-electron chi connectivity index (χ0n) is 13.9. The van der Waals surface area contributed by atoms with E-state index in [0.717, 1.165) is 27.8 Å². The van der Waals surface area contributed by atoms with Crippen LogP contribution in [-0.2, 0) is 6.54 Å². The zero-order valence-corrected chi connectivity index (χ0v) is 16.3. The van der Waals surface area contributed by atoms with E-state index in [1.165, 1.54) is 10.4 Å². The second-order valence-electron chi connectivity index (χ2n) is 5.89. The Bertz CT molecular complexity index is 947. The number of thiazole rings is 1. The van der Waals surface area contributed by atoms with Gasteiger partial charge in [0.15, 0.2) is 0 Å². The van der Waals surface area contributed by atoms with Crippen LogP contribution in [-0.4, -0.2) is 4.98 Å². The third kappa shape index (κ3) is 4.05. The van der Waals surface area contributed by atoms with Gasteiger partial charge in [-0.2, -0.15) is 0 Å². The van der Waals surface area contributed by atoms with Crippen molar-refractivity contribution < 1.29 is 0 Å². The van der Waals surface area contributed by atoms with E-state index in [1.54, 1.807) is 22.7 Å². The fourth-order valence-corrected chi connectivity index (χ4v) is 4.58. The largest absolute Gasteiger partial charge is 0.300 e. The van der Waals surface area contributed by atoms with Gasteiger partial charge in [-0.1, -0.05) is 60.1 Å². The van der Waals surface area contributed by atoms with Crippen molar-refractivity contribution in [3.63, 3.8) is 0 Å². The Labute approximate surface area is 166 Å². The van der Waals surface area contributed by atoms with Crippen molar-refractivity contribution in [2.24, 2.45) is 0 Å². The van der Waals surface area contributed by atoms with E-state index < -0.39 is 0 Å². The summed E-state index contributed by atoms with van der Waals surface area (Å²) < 4.78 is 0. The first kappa shape index (κ1) is 17.4. The van der Waals surface area contributed by atoms with Gasteiger partial charge in [0, 0.05) is 27.4 Å². The van der Waals surface area contributed by atoms with Crippen LogP contribution in [0.2, 0.25) is 5.02 Å². The summed E-state index contributed by atoms with van der Waals surface area (Å²) in [5, 5.41) is 9.66. The van der Waals surface area contributed by atoms with E-state index in [0.29, 0.717) is 0 Å². The predicted octanol–water partition coefficient (Wildman–Crippen LogP) is 6.40. The zero-order chi connectivity index (χ0) is 17.8. The molecule has 5 heteroatoms. The molecule has 130 valence electrons. The number of thiophene rings is 1. The minimum Gasteiger partial charge on any atom is -0.300 e. The maximum atomic E-state index is 5.97. The van der Waals surface area contributed by atoms with E-state index in [2.05, 4.69) is 52.5 Å². The summed E-state index contributed by atoms with van der Waals surface area (Å²) in [5.74, 6) is 0. The lowest BCUT2D eigenvalue weighted by molar-refractivity contribution is 0.606. The van der Waals surface area contributed by atoms with Crippen LogP contribution in [0.15, 0.2) is 77.5 Å². The topological polar surface area (TPSA) is 24.9 Å². The van der Waals surface area contributed by atoms with Crippen LogP contribution in [0.4, 0.5) is 0 Å². The molecule has 0 aliphatic heterocycles. The van der Waals surface area contributed by atoms with Crippen molar-refractivity contribution in [1.82, 2.24) is 10.3 Å². The average Bonchev–Trinajstić information content (AvgIpc) is 3.36. The van der Waals surface area contributed by atoms with Gasteiger partial charge in [0.2, 0.25) is 0 Å². The first-order valence-corrected chi connectivity index (χ1v) is 10.5. The number of halogens is 1. The predicted molar refractivity (Wildman–Crippen MR) is 112 cm³/mol. The van der Waals surface area contributed by atoms with Gasteiger partial charge in [-0.25, -0.2) is 4.98 Å². The third-order valence-corrected chi connectivity index (χ3v) is 6.22. The van der Waals surface area contributed by atoms with E-state index in [1.807, 2.05) is 30.3 Å². The molecule has 2 aromatic heterocycles. The van der Waals surface area contributed by atoms with Crippen LogP contribution in [0, 0.1) is 0 Å². The second kappa shape index (κ2) is 8.14. The molecule has 0 bridgehead atoms. The Morgan fingerprint density at radius 3 is 2.46 bits per heavy atom. The molecule has 0 fully saturated rings. The van der Waals surface area contributed by atoms with Gasteiger partial charge in [0.1, 0.15) is 5.01 Å². The van der Waals surface area contributed by atoms with E-state index in [-0.39, 0.29) is 6.04 Å². The monoisotopic (exact) mass is 396 g/mol. The lowest BCUT2D eigenvalue weighted by atomic mass is 10.1. The highest BCUT2D eigenvalue weighted by molar-refractivity contribution is 7.13. The van der Waals surface area contributed by atoms with Crippen molar-refractivity contribution >= 4 is 34.3 Å². The van der Waals surface area contributed by atoms with Crippen LogP contribution in [0.1, 0.15) is 22.2 Å². The van der Waals surface area contributed by atoms with Gasteiger partial charge in [0.25, 0.3) is 0 Å². The van der Waals surface area contributed by atoms with Gasteiger partial charge in [0.05, 0.1) is 11.7 Å². The van der Waals surface area contributed by atoms with Crippen molar-refractivity contribution in [3.8, 4) is 10.6 Å². The number of rotatable bonds is 6. The van der Waals surface area contributed by atoms with Crippen LogP contribution < -0.4 is 5.32 Å². The Hall–Kier alpha value is -1.98. The van der Waals surface area contributed by atoms with Gasteiger partial charge < -0.3 is 0 Å². The third-order valence-electron chi connectivity index (χ3n) is 4.09. The summed E-state index contributed by atoms with van der Waals surface area (Å²) in [6, 6.07) is 22.8. The van der Waals surface area contributed by atoms with Crippen molar-refractivity contribution in [1.29, 1.82) is 0 Å². The number of nitrogens with one attached hydrogen (secondary N) is 1. The maximum absolute atomic E-state index is 5.97. The van der Waals surface area contributed by atoms with E-state index in [9.17, 15) is 0 Å². The molecule has 2 nitrogen and oxygen atoms in total. The molecule has 4 aromatic rings. The van der Waals surface area contributed by atoms with Gasteiger partial charge in [-0.15, -0.1) is 22.7 Å². The summed E-state index contributed by atoms with van der Waals surface area (Å²) in [6.45, 7) is 0.724. The molecule has 1 N–H and O–H groups in total. The molecule has 26 heavy (non-hydrogen) atoms. The van der Waals surface area contributed by atoms with Gasteiger partial charge >= 0.3 is 0 Å². The molecule has 1 atom stereocenters. The summed E-state index contributed by atoms with van der Waals surface area (Å²) >= 11 is 9.40. The normalized spacial score (nSPS) is 12.2. The van der Waals surface area contributed by atoms with Crippen molar-refractivity contribution in [2.75, 3.05) is 0 Å². The molecular weight excluding hydrogens is 380 g/mol. The second-order valence-corrected chi connectivity index (χ2v) is 8.16. The molecule has 2 heterocycles. The summed E-state index contributed by atoms with van der Waals surface area (Å²) in [5.41, 5.74) is 3.42. The highest BCUT2D eigenvalue weighted by Crippen LogP contribution is 2.28. The fraction of sp³-hybridized carbons (Fsp3) is 0.0952. The number of aromatic nitrogens is 1. The molecule has 0 aliphatic rings. The lowest BCUT2D eigenvalue weighted by Gasteiger charge is -2.17. The standard InChI is InChI=1S/C21H17ClN2S2/c22-17-10-8-16(9-11-17)21-24-18(14-26-21)13-23-20(19-7-4-12-25-19)15-5-2-1-3-6-15/h1-12,14,20,23H,13H2/t20-/m1/s1. The van der Waals surface area contributed by atoms with Crippen LogP contribution in [0.3, 0.4) is 0 Å². The minimum atomic E-state index is 0.178. The van der Waals surface area contributed by atoms with Crippen LogP contribution >= 0.6 is 34.3 Å². The molecular formula is C21H17ClN2S2. The van der Waals surface area contributed by atoms with Crippen molar-refractivity contribution in [2.45, 2.75) is 12.6 Å². The molecule has 0 saturated carbocycles. The van der Waals surface area contributed by atoms with E-state index in [4.69, 9.17) is 16.6 Å². The smallest absolute Gasteiger partial charge is 0.123 e. The summed E-state index contributed by atoms with van der Waals surface area (Å²) in [4.78, 5) is 6.08. The summed E-state index contributed by atoms with van der Waals surface area (Å²) in [6.07, 6.45) is 0. The maximum Gasteiger partial charge on any atom is 0.123 e. The van der Waals surface area contributed by atoms with Gasteiger partial charge in [-0.05, 0) is 29.1 Å². The average molecular weight is 397 g/mol. The molecule has 4 rings (SSSR count). The first-order chi connectivity index (χ1) is 12.8. The molecule has 0 radical (unpaired) electrons. The Morgan fingerprint density at radius 2 is 1.73 bits per heavy atom. The molecule has 0 spiro atoms. The highest BCUT2D eigenvalue weighted by atomic mass is 35.5. The van der Waals surface area contributed by atoms with Crippen molar-refractivity contribution in [3.05, 3.63) is 98.6 Å². The fourth-order valence-electron chi connectivity index (χ4n) is 2.80. The summed E-state index contributed by atoms with van der Waals surface area (Å²) in [7, 11) is 0. The Kier molecular flexibility index (Phi) is 5.46. The number of hydrogen-bond donors (Lipinski definition) is 1. The Morgan fingerprint density at radius 1 is 0.923 bits per heavy atom. The number of hydrogen-bond acceptors (Lipinski definition) is 4. The van der Waals surface area contributed by atoms with Gasteiger partial charge in [-0.3, -0.25) is 5.32 Å². The quantitative estimate of drug-likeness (QED) is 0.407. The highest BCUT2D eigenvalue weighted by Gasteiger charge is 2.15. The number of nitrogens with zero attached hydrogens (tertiary/aromatic N) is 1. The minimum absolute atomic E-state index is 0.178. The van der Waals surface area contributed by atoms with E-state index >= 15 is 0 Å². The molecule has 0 saturated heterocycles. The van der Waals surface area contributed by atoms with Crippen LogP contribution in [0.25, 0.3) is 10.6 Å². The number of benzene rings is 2. The molecule has 0 unspecified atom stereocenters. The molecule has 0 aliphatic carbocycles. The lowest BCUT2D eigenvalue weighted by Crippen LogP contribution is -2.21. The molecule has 0 amide bonds. The first-order valence-electron chi connectivity index (χ1n) is 8.32. The Balaban J connectivity index is 1.51. The molecule has 2 aromatic carbocycles.